The molecule has 0 saturated carbocycles. The Bertz CT molecular complexity index is 715. The summed E-state index contributed by atoms with van der Waals surface area (Å²) < 4.78 is 13.5. The molecule has 0 amide bonds. The van der Waals surface area contributed by atoms with Gasteiger partial charge in [-0.1, -0.05) is 26.0 Å². The van der Waals surface area contributed by atoms with Crippen LogP contribution >= 0.6 is 35.3 Å². The van der Waals surface area contributed by atoms with E-state index < -0.39 is 0 Å². The first-order chi connectivity index (χ1) is 11.9. The molecule has 0 radical (unpaired) electrons. The van der Waals surface area contributed by atoms with E-state index in [1.54, 1.807) is 23.5 Å². The number of aliphatic imine (C=N–C) groups is 1. The van der Waals surface area contributed by atoms with Gasteiger partial charge in [-0.3, -0.25) is 4.99 Å². The Balaban J connectivity index is 0.00000338. The van der Waals surface area contributed by atoms with Crippen molar-refractivity contribution in [3.63, 3.8) is 0 Å². The van der Waals surface area contributed by atoms with Crippen LogP contribution in [0.5, 0.6) is 0 Å². The zero-order valence-electron chi connectivity index (χ0n) is 15.8. The molecule has 4 nitrogen and oxygen atoms in total. The average molecular weight is 490 g/mol. The fraction of sp³-hybridized carbons (Fsp3) is 0.474. The number of hydrogen-bond acceptors (Lipinski definition) is 3. The van der Waals surface area contributed by atoms with Crippen LogP contribution in [0.4, 0.5) is 4.39 Å². The van der Waals surface area contributed by atoms with E-state index in [-0.39, 0.29) is 35.2 Å². The predicted molar refractivity (Wildman–Crippen MR) is 119 cm³/mol. The van der Waals surface area contributed by atoms with E-state index in [0.717, 1.165) is 36.0 Å². The number of benzene rings is 1. The summed E-state index contributed by atoms with van der Waals surface area (Å²) in [5.41, 5.74) is 0.710. The topological polar surface area (TPSA) is 49.3 Å². The number of nitrogens with one attached hydrogen (secondary N) is 2. The monoisotopic (exact) mass is 490 g/mol. The maximum absolute atomic E-state index is 13.5. The summed E-state index contributed by atoms with van der Waals surface area (Å²) in [6, 6.07) is 6.74. The van der Waals surface area contributed by atoms with E-state index in [9.17, 15) is 4.39 Å². The Labute approximate surface area is 176 Å². The van der Waals surface area contributed by atoms with Crippen molar-refractivity contribution in [2.75, 3.05) is 19.6 Å². The lowest BCUT2D eigenvalue weighted by molar-refractivity contribution is 0.529. The molecular weight excluding hydrogens is 462 g/mol. The molecular formula is C19H28FIN4S. The Morgan fingerprint density at radius 2 is 2.08 bits per heavy atom. The number of guanidine groups is 1. The van der Waals surface area contributed by atoms with Gasteiger partial charge in [0, 0.05) is 36.0 Å². The van der Waals surface area contributed by atoms with Crippen molar-refractivity contribution in [1.82, 2.24) is 15.6 Å². The van der Waals surface area contributed by atoms with Crippen molar-refractivity contribution in [3.05, 3.63) is 51.7 Å². The van der Waals surface area contributed by atoms with Crippen LogP contribution in [0.2, 0.25) is 0 Å². The molecule has 0 fully saturated rings. The van der Waals surface area contributed by atoms with Crippen LogP contribution in [0.15, 0.2) is 35.5 Å². The average Bonchev–Trinajstić information content (AvgIpc) is 2.98. The van der Waals surface area contributed by atoms with E-state index in [4.69, 9.17) is 0 Å². The second kappa shape index (κ2) is 10.8. The highest BCUT2D eigenvalue weighted by atomic mass is 127. The molecule has 144 valence electrons. The Hall–Kier alpha value is -1.22. The molecule has 1 aromatic heterocycles. The summed E-state index contributed by atoms with van der Waals surface area (Å²) in [5.74, 6) is 0.568. The van der Waals surface area contributed by atoms with E-state index >= 15 is 0 Å². The molecule has 0 unspecified atom stereocenters. The molecule has 0 bridgehead atoms. The van der Waals surface area contributed by atoms with Gasteiger partial charge in [0.25, 0.3) is 0 Å². The molecule has 0 atom stereocenters. The minimum absolute atomic E-state index is 0. The van der Waals surface area contributed by atoms with Gasteiger partial charge in [-0.2, -0.15) is 0 Å². The molecule has 0 aliphatic carbocycles. The van der Waals surface area contributed by atoms with Crippen LogP contribution in [0.1, 0.15) is 36.2 Å². The fourth-order valence-electron chi connectivity index (χ4n) is 2.42. The van der Waals surface area contributed by atoms with Gasteiger partial charge >= 0.3 is 0 Å². The third-order valence-corrected chi connectivity index (χ3v) is 4.86. The quantitative estimate of drug-likeness (QED) is 0.346. The first kappa shape index (κ1) is 22.8. The van der Waals surface area contributed by atoms with Gasteiger partial charge in [0.05, 0.1) is 11.6 Å². The predicted octanol–water partition coefficient (Wildman–Crippen LogP) is 4.28. The molecule has 1 heterocycles. The van der Waals surface area contributed by atoms with Gasteiger partial charge in [0.1, 0.15) is 5.82 Å². The van der Waals surface area contributed by atoms with Gasteiger partial charge in [-0.05, 0) is 31.5 Å². The minimum Gasteiger partial charge on any atom is -0.357 e. The minimum atomic E-state index is -0.239. The van der Waals surface area contributed by atoms with Crippen molar-refractivity contribution < 1.29 is 4.39 Å². The summed E-state index contributed by atoms with van der Waals surface area (Å²) >= 11 is 1.72. The molecule has 2 aromatic rings. The highest BCUT2D eigenvalue weighted by molar-refractivity contribution is 14.0. The Kier molecular flexibility index (Phi) is 9.49. The highest BCUT2D eigenvalue weighted by Crippen LogP contribution is 2.24. The lowest BCUT2D eigenvalue weighted by atomic mass is 9.85. The first-order valence-corrected chi connectivity index (χ1v) is 9.42. The Morgan fingerprint density at radius 1 is 1.31 bits per heavy atom. The van der Waals surface area contributed by atoms with Crippen molar-refractivity contribution >= 4 is 41.3 Å². The largest absolute Gasteiger partial charge is 0.357 e. The van der Waals surface area contributed by atoms with Crippen LogP contribution in [0.25, 0.3) is 0 Å². The molecule has 0 aliphatic rings. The smallest absolute Gasteiger partial charge is 0.191 e. The number of rotatable bonds is 7. The molecule has 2 N–H and O–H groups in total. The molecule has 0 spiro atoms. The molecule has 0 aliphatic heterocycles. The summed E-state index contributed by atoms with van der Waals surface area (Å²) in [6.07, 6.45) is 2.77. The number of halogens is 2. The standard InChI is InChI=1S/C19H27FN4S.HI/c1-5-21-18(22-10-9-17-23-12-14(2)25-17)24-13-19(3,4)15-7-6-8-16(20)11-15;/h6-8,11-12H,5,9-10,13H2,1-4H3,(H2,21,22,24);1H. The first-order valence-electron chi connectivity index (χ1n) is 8.60. The number of thiazole rings is 1. The third-order valence-electron chi connectivity index (χ3n) is 3.88. The second-order valence-electron chi connectivity index (χ2n) is 6.63. The zero-order chi connectivity index (χ0) is 18.3. The van der Waals surface area contributed by atoms with Gasteiger partial charge in [-0.15, -0.1) is 35.3 Å². The number of aryl methyl sites for hydroxylation is 1. The fourth-order valence-corrected chi connectivity index (χ4v) is 3.21. The van der Waals surface area contributed by atoms with Crippen LogP contribution in [0.3, 0.4) is 0 Å². The highest BCUT2D eigenvalue weighted by Gasteiger charge is 2.21. The maximum atomic E-state index is 13.5. The SMILES string of the molecule is CCNC(=NCC(C)(C)c1cccc(F)c1)NCCc1ncc(C)s1.I. The molecule has 0 saturated heterocycles. The summed E-state index contributed by atoms with van der Waals surface area (Å²) in [4.78, 5) is 10.3. The van der Waals surface area contributed by atoms with Crippen LogP contribution < -0.4 is 10.6 Å². The maximum Gasteiger partial charge on any atom is 0.191 e. The van der Waals surface area contributed by atoms with Crippen molar-refractivity contribution in [2.45, 2.75) is 39.5 Å². The summed E-state index contributed by atoms with van der Waals surface area (Å²) in [5, 5.41) is 7.73. The van der Waals surface area contributed by atoms with E-state index in [0.29, 0.717) is 6.54 Å². The molecule has 26 heavy (non-hydrogen) atoms. The number of aromatic nitrogens is 1. The third kappa shape index (κ3) is 7.19. The van der Waals surface area contributed by atoms with Crippen LogP contribution in [-0.2, 0) is 11.8 Å². The van der Waals surface area contributed by atoms with Gasteiger partial charge in [-0.25, -0.2) is 9.37 Å². The number of nitrogens with zero attached hydrogens (tertiary/aromatic N) is 2. The van der Waals surface area contributed by atoms with Crippen molar-refractivity contribution in [1.29, 1.82) is 0 Å². The van der Waals surface area contributed by atoms with E-state index in [2.05, 4.69) is 41.4 Å². The van der Waals surface area contributed by atoms with E-state index in [1.165, 1.54) is 10.9 Å². The molecule has 7 heteroatoms. The second-order valence-corrected chi connectivity index (χ2v) is 7.95. The van der Waals surface area contributed by atoms with Gasteiger partial charge in [0.15, 0.2) is 5.96 Å². The number of hydrogen-bond donors (Lipinski definition) is 2. The molecule has 2 rings (SSSR count). The lowest BCUT2D eigenvalue weighted by Gasteiger charge is -2.24. The van der Waals surface area contributed by atoms with Crippen molar-refractivity contribution in [2.24, 2.45) is 4.99 Å². The van der Waals surface area contributed by atoms with Gasteiger partial charge in [0.2, 0.25) is 0 Å². The van der Waals surface area contributed by atoms with Crippen LogP contribution in [-0.4, -0.2) is 30.6 Å². The Morgan fingerprint density at radius 3 is 2.69 bits per heavy atom. The van der Waals surface area contributed by atoms with E-state index in [1.807, 2.05) is 19.2 Å². The van der Waals surface area contributed by atoms with Crippen molar-refractivity contribution in [3.8, 4) is 0 Å². The van der Waals surface area contributed by atoms with Gasteiger partial charge < -0.3 is 10.6 Å². The molecule has 1 aromatic carbocycles. The lowest BCUT2D eigenvalue weighted by Crippen LogP contribution is -2.39. The van der Waals surface area contributed by atoms with Crippen LogP contribution in [0, 0.1) is 12.7 Å². The summed E-state index contributed by atoms with van der Waals surface area (Å²) in [7, 11) is 0. The zero-order valence-corrected chi connectivity index (χ0v) is 19.0. The normalized spacial score (nSPS) is 11.8. The summed E-state index contributed by atoms with van der Waals surface area (Å²) in [6.45, 7) is 10.4.